The molecule has 0 spiro atoms. The Labute approximate surface area is 114 Å². The van der Waals surface area contributed by atoms with Gasteiger partial charge in [-0.25, -0.2) is 0 Å². The Hall–Kier alpha value is -1.85. The summed E-state index contributed by atoms with van der Waals surface area (Å²) in [5.41, 5.74) is 4.25. The van der Waals surface area contributed by atoms with Gasteiger partial charge in [-0.3, -0.25) is 0 Å². The van der Waals surface area contributed by atoms with Crippen LogP contribution in [0.5, 0.6) is 0 Å². The lowest BCUT2D eigenvalue weighted by Gasteiger charge is -2.28. The molecule has 2 rings (SSSR count). The summed E-state index contributed by atoms with van der Waals surface area (Å²) in [5, 5.41) is 10.7. The van der Waals surface area contributed by atoms with Crippen LogP contribution in [0.15, 0.2) is 54.6 Å². The third-order valence-electron chi connectivity index (χ3n) is 3.24. The Balaban J connectivity index is 2.43. The number of benzene rings is 2. The number of hydrogen-bond donors (Lipinski definition) is 2. The Morgan fingerprint density at radius 3 is 1.70 bits per heavy atom. The number of nitrogens with two attached hydrogens (primary N) is 1. The number of halogens is 3. The average Bonchev–Trinajstić information content (AvgIpc) is 2.46. The van der Waals surface area contributed by atoms with E-state index >= 15 is 0 Å². The fourth-order valence-electron chi connectivity index (χ4n) is 2.05. The zero-order valence-corrected chi connectivity index (χ0v) is 10.6. The van der Waals surface area contributed by atoms with Gasteiger partial charge < -0.3 is 10.8 Å². The van der Waals surface area contributed by atoms with Crippen molar-refractivity contribution in [2.75, 3.05) is 6.54 Å². The molecule has 106 valence electrons. The standard InChI is InChI=1S/C15H14F3NO/c16-15(17,18)13-8-6-12(7-9-13)14(20,10-19)11-4-2-1-3-5-11/h1-9,20H,10,19H2. The van der Waals surface area contributed by atoms with E-state index in [0.29, 0.717) is 11.1 Å². The third-order valence-corrected chi connectivity index (χ3v) is 3.24. The van der Waals surface area contributed by atoms with Gasteiger partial charge in [0, 0.05) is 6.54 Å². The molecule has 1 atom stereocenters. The molecular weight excluding hydrogens is 267 g/mol. The highest BCUT2D eigenvalue weighted by molar-refractivity contribution is 5.38. The molecule has 0 radical (unpaired) electrons. The van der Waals surface area contributed by atoms with Crippen molar-refractivity contribution in [2.24, 2.45) is 5.73 Å². The van der Waals surface area contributed by atoms with Crippen molar-refractivity contribution in [3.05, 3.63) is 71.3 Å². The van der Waals surface area contributed by atoms with E-state index in [1.165, 1.54) is 12.1 Å². The van der Waals surface area contributed by atoms with E-state index in [-0.39, 0.29) is 6.54 Å². The second-order valence-corrected chi connectivity index (χ2v) is 4.51. The van der Waals surface area contributed by atoms with Gasteiger partial charge >= 0.3 is 6.18 Å². The minimum atomic E-state index is -4.40. The van der Waals surface area contributed by atoms with Gasteiger partial charge in [-0.15, -0.1) is 0 Å². The Morgan fingerprint density at radius 2 is 1.25 bits per heavy atom. The van der Waals surface area contributed by atoms with Crippen molar-refractivity contribution in [1.82, 2.24) is 0 Å². The van der Waals surface area contributed by atoms with Crippen molar-refractivity contribution in [1.29, 1.82) is 0 Å². The average molecular weight is 281 g/mol. The summed E-state index contributed by atoms with van der Waals surface area (Å²) in [6.07, 6.45) is -4.40. The number of rotatable bonds is 3. The number of hydrogen-bond acceptors (Lipinski definition) is 2. The maximum absolute atomic E-state index is 12.5. The molecule has 0 saturated heterocycles. The Bertz CT molecular complexity index is 566. The van der Waals surface area contributed by atoms with Gasteiger partial charge in [0.25, 0.3) is 0 Å². The van der Waals surface area contributed by atoms with Crippen LogP contribution in [-0.4, -0.2) is 11.7 Å². The lowest BCUT2D eigenvalue weighted by molar-refractivity contribution is -0.137. The molecule has 0 aliphatic heterocycles. The summed E-state index contributed by atoms with van der Waals surface area (Å²) >= 11 is 0. The topological polar surface area (TPSA) is 46.2 Å². The summed E-state index contributed by atoms with van der Waals surface area (Å²) in [5.74, 6) is 0. The third kappa shape index (κ3) is 2.69. The minimum Gasteiger partial charge on any atom is -0.379 e. The van der Waals surface area contributed by atoms with Crippen LogP contribution in [-0.2, 0) is 11.8 Å². The van der Waals surface area contributed by atoms with E-state index in [0.717, 1.165) is 12.1 Å². The van der Waals surface area contributed by atoms with Crippen LogP contribution in [0.3, 0.4) is 0 Å². The molecular formula is C15H14F3NO. The highest BCUT2D eigenvalue weighted by Gasteiger charge is 2.33. The molecule has 20 heavy (non-hydrogen) atoms. The van der Waals surface area contributed by atoms with E-state index in [2.05, 4.69) is 0 Å². The van der Waals surface area contributed by atoms with Crippen LogP contribution >= 0.6 is 0 Å². The molecule has 0 aromatic heterocycles. The van der Waals surface area contributed by atoms with Crippen molar-refractivity contribution in [3.8, 4) is 0 Å². The van der Waals surface area contributed by atoms with E-state index in [4.69, 9.17) is 5.73 Å². The number of alkyl halides is 3. The fraction of sp³-hybridized carbons (Fsp3) is 0.200. The lowest BCUT2D eigenvalue weighted by atomic mass is 9.86. The summed E-state index contributed by atoms with van der Waals surface area (Å²) in [4.78, 5) is 0. The second-order valence-electron chi connectivity index (χ2n) is 4.51. The normalized spacial score (nSPS) is 14.8. The second kappa shape index (κ2) is 5.26. The maximum Gasteiger partial charge on any atom is 0.416 e. The summed E-state index contributed by atoms with van der Waals surface area (Å²) in [6.45, 7) is -0.123. The summed E-state index contributed by atoms with van der Waals surface area (Å²) in [6, 6.07) is 13.0. The van der Waals surface area contributed by atoms with Gasteiger partial charge in [-0.05, 0) is 23.3 Å². The predicted octanol–water partition coefficient (Wildman–Crippen LogP) is 2.90. The van der Waals surface area contributed by atoms with Crippen LogP contribution in [0, 0.1) is 0 Å². The smallest absolute Gasteiger partial charge is 0.379 e. The molecule has 0 aliphatic rings. The van der Waals surface area contributed by atoms with Crippen molar-refractivity contribution < 1.29 is 18.3 Å². The monoisotopic (exact) mass is 281 g/mol. The molecule has 0 saturated carbocycles. The zero-order valence-electron chi connectivity index (χ0n) is 10.6. The first-order valence-corrected chi connectivity index (χ1v) is 6.03. The number of aliphatic hydroxyl groups is 1. The van der Waals surface area contributed by atoms with Crippen molar-refractivity contribution in [3.63, 3.8) is 0 Å². The van der Waals surface area contributed by atoms with Gasteiger partial charge in [0.2, 0.25) is 0 Å². The SMILES string of the molecule is NCC(O)(c1ccccc1)c1ccc(C(F)(F)F)cc1. The van der Waals surface area contributed by atoms with Crippen LogP contribution in [0.25, 0.3) is 0 Å². The molecule has 0 fully saturated rings. The van der Waals surface area contributed by atoms with Crippen molar-refractivity contribution in [2.45, 2.75) is 11.8 Å². The maximum atomic E-state index is 12.5. The molecule has 0 bridgehead atoms. The van der Waals surface area contributed by atoms with Gasteiger partial charge in [0.15, 0.2) is 0 Å². The Kier molecular flexibility index (Phi) is 3.83. The molecule has 0 amide bonds. The molecule has 1 unspecified atom stereocenters. The molecule has 5 heteroatoms. The van der Waals surface area contributed by atoms with Crippen molar-refractivity contribution >= 4 is 0 Å². The van der Waals surface area contributed by atoms with Gasteiger partial charge in [-0.1, -0.05) is 42.5 Å². The van der Waals surface area contributed by atoms with Crippen LogP contribution in [0.2, 0.25) is 0 Å². The first kappa shape index (κ1) is 14.6. The summed E-state index contributed by atoms with van der Waals surface area (Å²) in [7, 11) is 0. The van der Waals surface area contributed by atoms with Crippen LogP contribution in [0.4, 0.5) is 13.2 Å². The summed E-state index contributed by atoms with van der Waals surface area (Å²) < 4.78 is 37.6. The molecule has 2 aromatic rings. The molecule has 0 heterocycles. The van der Waals surface area contributed by atoms with Crippen LogP contribution in [0.1, 0.15) is 16.7 Å². The molecule has 2 nitrogen and oxygen atoms in total. The van der Waals surface area contributed by atoms with Gasteiger partial charge in [-0.2, -0.15) is 13.2 Å². The van der Waals surface area contributed by atoms with Gasteiger partial charge in [0.05, 0.1) is 5.56 Å². The van der Waals surface area contributed by atoms with E-state index < -0.39 is 17.3 Å². The van der Waals surface area contributed by atoms with E-state index in [1.54, 1.807) is 30.3 Å². The van der Waals surface area contributed by atoms with Crippen LogP contribution < -0.4 is 5.73 Å². The first-order valence-electron chi connectivity index (χ1n) is 6.03. The lowest BCUT2D eigenvalue weighted by Crippen LogP contribution is -2.36. The quantitative estimate of drug-likeness (QED) is 0.908. The van der Waals surface area contributed by atoms with E-state index in [1.807, 2.05) is 0 Å². The fourth-order valence-corrected chi connectivity index (χ4v) is 2.05. The highest BCUT2D eigenvalue weighted by atomic mass is 19.4. The zero-order chi connectivity index (χ0) is 14.8. The largest absolute Gasteiger partial charge is 0.416 e. The Morgan fingerprint density at radius 1 is 0.800 bits per heavy atom. The van der Waals surface area contributed by atoms with E-state index in [9.17, 15) is 18.3 Å². The molecule has 2 aromatic carbocycles. The first-order chi connectivity index (χ1) is 9.38. The minimum absolute atomic E-state index is 0.123. The predicted molar refractivity (Wildman–Crippen MR) is 69.9 cm³/mol. The van der Waals surface area contributed by atoms with Gasteiger partial charge in [0.1, 0.15) is 5.60 Å². The highest BCUT2D eigenvalue weighted by Crippen LogP contribution is 2.33. The molecule has 0 aliphatic carbocycles. The molecule has 3 N–H and O–H groups in total.